The molecule has 6 nitrogen and oxygen atoms in total. The third-order valence-electron chi connectivity index (χ3n) is 4.82. The van der Waals surface area contributed by atoms with E-state index < -0.39 is 9.84 Å². The van der Waals surface area contributed by atoms with Crippen LogP contribution in [-0.2, 0) is 21.2 Å². The van der Waals surface area contributed by atoms with Gasteiger partial charge in [0.25, 0.3) is 0 Å². The number of hydrogen-bond donors (Lipinski definition) is 1. The summed E-state index contributed by atoms with van der Waals surface area (Å²) in [7, 11) is -1.49. The summed E-state index contributed by atoms with van der Waals surface area (Å²) in [6.07, 6.45) is 0.504. The summed E-state index contributed by atoms with van der Waals surface area (Å²) in [6.45, 7) is 0.482. The molecule has 0 aromatic heterocycles. The normalized spacial score (nSPS) is 18.0. The summed E-state index contributed by atoms with van der Waals surface area (Å²) < 4.78 is 29.1. The molecule has 1 amide bonds. The number of nitrogens with zero attached hydrogens (tertiary/aromatic N) is 1. The van der Waals surface area contributed by atoms with Crippen molar-refractivity contribution in [3.63, 3.8) is 0 Å². The first kappa shape index (κ1) is 21.9. The van der Waals surface area contributed by atoms with Crippen molar-refractivity contribution in [1.29, 1.82) is 0 Å². The predicted octanol–water partition coefficient (Wildman–Crippen LogP) is 3.63. The van der Waals surface area contributed by atoms with Crippen LogP contribution in [0.4, 0.5) is 5.69 Å². The Labute approximate surface area is 180 Å². The highest BCUT2D eigenvalue weighted by atomic mass is 35.5. The number of nitrogens with one attached hydrogen (secondary N) is 1. The highest BCUT2D eigenvalue weighted by Gasteiger charge is 2.33. The number of rotatable bonds is 7. The largest absolute Gasteiger partial charge is 0.497 e. The number of amides is 1. The van der Waals surface area contributed by atoms with Gasteiger partial charge in [0.15, 0.2) is 9.84 Å². The average Bonchev–Trinajstić information content (AvgIpc) is 3.04. The molecule has 2 aromatic carbocycles. The number of benzene rings is 2. The lowest BCUT2D eigenvalue weighted by Crippen LogP contribution is -2.41. The zero-order valence-corrected chi connectivity index (χ0v) is 18.2. The zero-order chi connectivity index (χ0) is 21.0. The van der Waals surface area contributed by atoms with Gasteiger partial charge < -0.3 is 10.1 Å². The minimum atomic E-state index is -3.08. The second-order valence-electron chi connectivity index (χ2n) is 6.98. The third kappa shape index (κ3) is 6.09. The molecule has 0 spiro atoms. The fourth-order valence-electron chi connectivity index (χ4n) is 3.31. The molecule has 156 valence electrons. The van der Waals surface area contributed by atoms with Gasteiger partial charge in [-0.2, -0.15) is 0 Å². The van der Waals surface area contributed by atoms with Crippen molar-refractivity contribution < 1.29 is 17.9 Å². The van der Waals surface area contributed by atoms with Gasteiger partial charge in [-0.05, 0) is 42.3 Å². The maximum Gasteiger partial charge on any atom is 0.238 e. The fourth-order valence-corrected chi connectivity index (χ4v) is 5.41. The lowest BCUT2D eigenvalue weighted by Gasteiger charge is -2.27. The fraction of sp³-hybridized carbons (Fsp3) is 0.350. The second-order valence-corrected chi connectivity index (χ2v) is 10.1. The summed E-state index contributed by atoms with van der Waals surface area (Å²) in [6, 6.07) is 12.1. The van der Waals surface area contributed by atoms with E-state index in [2.05, 4.69) is 5.32 Å². The summed E-state index contributed by atoms with van der Waals surface area (Å²) in [5, 5.41) is 3.61. The number of methoxy groups -OCH3 is 1. The van der Waals surface area contributed by atoms with Gasteiger partial charge in [-0.1, -0.05) is 35.3 Å². The van der Waals surface area contributed by atoms with Crippen LogP contribution in [-0.4, -0.2) is 50.4 Å². The molecule has 1 aliphatic rings. The molecular formula is C20H22Cl2N2O4S. The Morgan fingerprint density at radius 3 is 2.55 bits per heavy atom. The smallest absolute Gasteiger partial charge is 0.238 e. The van der Waals surface area contributed by atoms with E-state index in [0.29, 0.717) is 28.7 Å². The molecule has 1 saturated heterocycles. The van der Waals surface area contributed by atoms with Crippen LogP contribution in [0.5, 0.6) is 5.75 Å². The van der Waals surface area contributed by atoms with Crippen molar-refractivity contribution in [2.24, 2.45) is 0 Å². The zero-order valence-electron chi connectivity index (χ0n) is 15.9. The van der Waals surface area contributed by atoms with E-state index in [9.17, 15) is 13.2 Å². The van der Waals surface area contributed by atoms with E-state index >= 15 is 0 Å². The standard InChI is InChI=1S/C20H22Cl2N2O4S/c1-28-17-5-2-14(3-6-17)11-24(16-8-9-29(26,27)13-16)12-20(25)23-19-10-15(21)4-7-18(19)22/h2-7,10,16H,8-9,11-13H2,1H3,(H,23,25). The highest BCUT2D eigenvalue weighted by Crippen LogP contribution is 2.26. The lowest BCUT2D eigenvalue weighted by atomic mass is 10.1. The van der Waals surface area contributed by atoms with Gasteiger partial charge in [0.1, 0.15) is 5.75 Å². The van der Waals surface area contributed by atoms with E-state index in [-0.39, 0.29) is 30.0 Å². The molecule has 1 heterocycles. The third-order valence-corrected chi connectivity index (χ3v) is 7.13. The molecule has 2 aromatic rings. The van der Waals surface area contributed by atoms with E-state index in [1.54, 1.807) is 25.3 Å². The average molecular weight is 457 g/mol. The van der Waals surface area contributed by atoms with Gasteiger partial charge in [0, 0.05) is 17.6 Å². The Hall–Kier alpha value is -1.80. The molecule has 0 saturated carbocycles. The molecule has 0 radical (unpaired) electrons. The minimum absolute atomic E-state index is 0.0368. The maximum atomic E-state index is 12.7. The van der Waals surface area contributed by atoms with Crippen molar-refractivity contribution >= 4 is 44.6 Å². The number of hydrogen-bond acceptors (Lipinski definition) is 5. The number of anilines is 1. The Kier molecular flexibility index (Phi) is 7.05. The van der Waals surface area contributed by atoms with Gasteiger partial charge in [-0.25, -0.2) is 8.42 Å². The predicted molar refractivity (Wildman–Crippen MR) is 116 cm³/mol. The number of sulfone groups is 1. The Morgan fingerprint density at radius 1 is 1.21 bits per heavy atom. The van der Waals surface area contributed by atoms with Gasteiger partial charge in [0.2, 0.25) is 5.91 Å². The van der Waals surface area contributed by atoms with E-state index in [0.717, 1.165) is 11.3 Å². The Balaban J connectivity index is 1.75. The lowest BCUT2D eigenvalue weighted by molar-refractivity contribution is -0.117. The second kappa shape index (κ2) is 9.34. The van der Waals surface area contributed by atoms with Crippen LogP contribution >= 0.6 is 23.2 Å². The van der Waals surface area contributed by atoms with Gasteiger partial charge >= 0.3 is 0 Å². The van der Waals surface area contributed by atoms with Crippen molar-refractivity contribution in [1.82, 2.24) is 4.90 Å². The quantitative estimate of drug-likeness (QED) is 0.688. The van der Waals surface area contributed by atoms with Crippen LogP contribution < -0.4 is 10.1 Å². The van der Waals surface area contributed by atoms with E-state index in [4.69, 9.17) is 27.9 Å². The van der Waals surface area contributed by atoms with Gasteiger partial charge in [-0.15, -0.1) is 0 Å². The van der Waals surface area contributed by atoms with E-state index in [1.807, 2.05) is 29.2 Å². The Bertz CT molecular complexity index is 980. The van der Waals surface area contributed by atoms with Crippen LogP contribution in [0, 0.1) is 0 Å². The molecule has 1 atom stereocenters. The monoisotopic (exact) mass is 456 g/mol. The Morgan fingerprint density at radius 2 is 1.93 bits per heavy atom. The summed E-state index contributed by atoms with van der Waals surface area (Å²) >= 11 is 12.1. The number of carbonyl (C=O) groups excluding carboxylic acids is 1. The van der Waals surface area contributed by atoms with Crippen LogP contribution in [0.25, 0.3) is 0 Å². The molecule has 0 aliphatic carbocycles. The number of carbonyl (C=O) groups is 1. The maximum absolute atomic E-state index is 12.7. The number of halogens is 2. The van der Waals surface area contributed by atoms with E-state index in [1.165, 1.54) is 0 Å². The topological polar surface area (TPSA) is 75.7 Å². The molecule has 1 fully saturated rings. The van der Waals surface area contributed by atoms with Crippen molar-refractivity contribution in [3.05, 3.63) is 58.1 Å². The van der Waals surface area contributed by atoms with Crippen molar-refractivity contribution in [2.75, 3.05) is 30.5 Å². The molecule has 0 bridgehead atoms. The molecule has 1 N–H and O–H groups in total. The van der Waals surface area contributed by atoms with Crippen LogP contribution in [0.1, 0.15) is 12.0 Å². The van der Waals surface area contributed by atoms with Crippen molar-refractivity contribution in [3.8, 4) is 5.75 Å². The highest BCUT2D eigenvalue weighted by molar-refractivity contribution is 7.91. The van der Waals surface area contributed by atoms with Crippen molar-refractivity contribution in [2.45, 2.75) is 19.0 Å². The first-order valence-corrected chi connectivity index (χ1v) is 11.7. The summed E-state index contributed by atoms with van der Waals surface area (Å²) in [4.78, 5) is 14.6. The molecule has 3 rings (SSSR count). The summed E-state index contributed by atoms with van der Waals surface area (Å²) in [5.41, 5.74) is 1.39. The first-order chi connectivity index (χ1) is 13.8. The van der Waals surface area contributed by atoms with Crippen LogP contribution in [0.2, 0.25) is 10.0 Å². The van der Waals surface area contributed by atoms with Crippen LogP contribution in [0.15, 0.2) is 42.5 Å². The van der Waals surface area contributed by atoms with Crippen LogP contribution in [0.3, 0.4) is 0 Å². The molecule has 29 heavy (non-hydrogen) atoms. The van der Waals surface area contributed by atoms with Gasteiger partial charge in [-0.3, -0.25) is 9.69 Å². The summed E-state index contributed by atoms with van der Waals surface area (Å²) in [5.74, 6) is 0.636. The molecule has 1 aliphatic heterocycles. The molecule has 1 unspecified atom stereocenters. The number of ether oxygens (including phenoxy) is 1. The first-order valence-electron chi connectivity index (χ1n) is 9.08. The SMILES string of the molecule is COc1ccc(CN(CC(=O)Nc2cc(Cl)ccc2Cl)C2CCS(=O)(=O)C2)cc1. The molecule has 9 heteroatoms. The minimum Gasteiger partial charge on any atom is -0.497 e. The van der Waals surface area contributed by atoms with Gasteiger partial charge in [0.05, 0.1) is 35.9 Å². The molecular weight excluding hydrogens is 435 g/mol.